The number of nitrogens with zero attached hydrogens (tertiary/aromatic N) is 2. The van der Waals surface area contributed by atoms with E-state index in [0.717, 1.165) is 5.69 Å². The Labute approximate surface area is 143 Å². The predicted octanol–water partition coefficient (Wildman–Crippen LogP) is 1.63. The van der Waals surface area contributed by atoms with E-state index in [0.29, 0.717) is 10.7 Å². The first-order valence-corrected chi connectivity index (χ1v) is 8.59. The molecule has 1 amide bonds. The summed E-state index contributed by atoms with van der Waals surface area (Å²) in [6.07, 6.45) is 2.05. The van der Waals surface area contributed by atoms with E-state index in [-0.39, 0.29) is 23.6 Å². The average Bonchev–Trinajstić information content (AvgIpc) is 2.83. The van der Waals surface area contributed by atoms with Crippen molar-refractivity contribution in [3.63, 3.8) is 0 Å². The highest BCUT2D eigenvalue weighted by molar-refractivity contribution is 8.02. The summed E-state index contributed by atoms with van der Waals surface area (Å²) >= 11 is 1.39. The van der Waals surface area contributed by atoms with Gasteiger partial charge in [-0.3, -0.25) is 9.78 Å². The Bertz CT molecular complexity index is 719. The first-order valence-electron chi connectivity index (χ1n) is 7.61. The van der Waals surface area contributed by atoms with Gasteiger partial charge in [-0.15, -0.1) is 18.3 Å². The van der Waals surface area contributed by atoms with E-state index >= 15 is 0 Å². The lowest BCUT2D eigenvalue weighted by Gasteiger charge is -2.46. The van der Waals surface area contributed by atoms with Crippen LogP contribution in [0.1, 0.15) is 12.6 Å². The summed E-state index contributed by atoms with van der Waals surface area (Å²) in [5.41, 5.74) is 0.876. The molecule has 0 saturated carbocycles. The maximum atomic E-state index is 12.3. The van der Waals surface area contributed by atoms with Crippen molar-refractivity contribution in [2.45, 2.75) is 24.8 Å². The molecule has 2 aliphatic rings. The lowest BCUT2D eigenvalue weighted by Crippen LogP contribution is -2.63. The van der Waals surface area contributed by atoms with E-state index in [1.807, 2.05) is 25.1 Å². The third-order valence-corrected chi connectivity index (χ3v) is 5.82. The number of amides is 1. The summed E-state index contributed by atoms with van der Waals surface area (Å²) in [6.45, 7) is 5.41. The molecule has 24 heavy (non-hydrogen) atoms. The lowest BCUT2D eigenvalue weighted by atomic mass is 9.78. The fraction of sp³-hybridized carbons (Fsp3) is 0.353. The maximum absolute atomic E-state index is 12.3. The van der Waals surface area contributed by atoms with Crippen LogP contribution in [-0.4, -0.2) is 44.1 Å². The van der Waals surface area contributed by atoms with Crippen molar-refractivity contribution in [3.05, 3.63) is 53.3 Å². The number of rotatable bonds is 6. The highest BCUT2D eigenvalue weighted by Gasteiger charge is 2.60. The average molecular weight is 346 g/mol. The zero-order chi connectivity index (χ0) is 17.4. The molecule has 0 aliphatic carbocycles. The summed E-state index contributed by atoms with van der Waals surface area (Å²) < 4.78 is 0. The van der Waals surface area contributed by atoms with Crippen molar-refractivity contribution in [1.82, 2.24) is 9.88 Å². The molecule has 126 valence electrons. The van der Waals surface area contributed by atoms with Crippen molar-refractivity contribution in [1.29, 1.82) is 0 Å². The van der Waals surface area contributed by atoms with Gasteiger partial charge in [0.2, 0.25) is 5.91 Å². The molecular weight excluding hydrogens is 328 g/mol. The maximum Gasteiger partial charge on any atom is 0.353 e. The number of fused-ring (bicyclic) bond motifs is 1. The van der Waals surface area contributed by atoms with Crippen LogP contribution in [0.5, 0.6) is 0 Å². The van der Waals surface area contributed by atoms with Crippen LogP contribution in [0.2, 0.25) is 0 Å². The van der Waals surface area contributed by atoms with Gasteiger partial charge >= 0.3 is 5.97 Å². The van der Waals surface area contributed by atoms with Crippen LogP contribution in [-0.2, 0) is 15.3 Å². The summed E-state index contributed by atoms with van der Waals surface area (Å²) in [5, 5.41) is 19.5. The number of aliphatic carboxylic acids is 1. The smallest absolute Gasteiger partial charge is 0.353 e. The minimum Gasteiger partial charge on any atom is -0.477 e. The number of pyridine rings is 1. The summed E-state index contributed by atoms with van der Waals surface area (Å²) in [5.74, 6) is -1.72. The first-order chi connectivity index (χ1) is 11.5. The number of thioether (sulfide) groups is 1. The molecule has 0 aromatic carbocycles. The van der Waals surface area contributed by atoms with Gasteiger partial charge in [-0.2, -0.15) is 0 Å². The third kappa shape index (κ3) is 2.53. The van der Waals surface area contributed by atoms with Crippen LogP contribution in [0.25, 0.3) is 0 Å². The van der Waals surface area contributed by atoms with Crippen molar-refractivity contribution >= 4 is 23.6 Å². The van der Waals surface area contributed by atoms with Crippen LogP contribution in [0.4, 0.5) is 0 Å². The second-order valence-electron chi connectivity index (χ2n) is 5.87. The van der Waals surface area contributed by atoms with Crippen LogP contribution in [0.15, 0.2) is 47.7 Å². The highest BCUT2D eigenvalue weighted by atomic mass is 32.2. The van der Waals surface area contributed by atoms with Gasteiger partial charge in [0, 0.05) is 22.8 Å². The number of carboxylic acid groups (broad SMARTS) is 1. The van der Waals surface area contributed by atoms with E-state index in [4.69, 9.17) is 0 Å². The van der Waals surface area contributed by atoms with Crippen molar-refractivity contribution < 1.29 is 19.8 Å². The molecule has 0 bridgehead atoms. The van der Waals surface area contributed by atoms with Crippen LogP contribution < -0.4 is 0 Å². The fourth-order valence-corrected chi connectivity index (χ4v) is 4.55. The SMILES string of the molecule is C=CC(O)[C@H]1C(=O)N2C(C(=O)O)=C(SCc3ccccn3)[C@H](C)[C@H]12. The molecule has 3 rings (SSSR count). The standard InChI is InChI=1S/C17H18N2O4S/c1-3-11(20)12-13-9(2)15(14(17(22)23)19(13)16(12)21)24-8-10-6-4-5-7-18-10/h3-7,9,11-13,20H,1,8H2,2H3,(H,22,23)/t9-,11?,12-,13-/m1/s1. The number of β-lactam (4-membered cyclic amide) rings is 1. The van der Waals surface area contributed by atoms with E-state index < -0.39 is 18.0 Å². The molecule has 0 spiro atoms. The first kappa shape index (κ1) is 16.7. The number of hydrogen-bond donors (Lipinski definition) is 2. The van der Waals surface area contributed by atoms with Gasteiger partial charge in [0.15, 0.2) is 0 Å². The molecular formula is C17H18N2O4S. The van der Waals surface area contributed by atoms with Gasteiger partial charge in [-0.1, -0.05) is 19.1 Å². The lowest BCUT2D eigenvalue weighted by molar-refractivity contribution is -0.161. The molecule has 1 aromatic heterocycles. The zero-order valence-corrected chi connectivity index (χ0v) is 13.9. The molecule has 4 atom stereocenters. The number of carbonyl (C=O) groups is 2. The topological polar surface area (TPSA) is 90.7 Å². The summed E-state index contributed by atoms with van der Waals surface area (Å²) in [4.78, 5) is 30.2. The molecule has 2 N–H and O–H groups in total. The number of carboxylic acids is 1. The molecule has 1 saturated heterocycles. The van der Waals surface area contributed by atoms with Gasteiger partial charge in [0.1, 0.15) is 5.70 Å². The molecule has 0 radical (unpaired) electrons. The normalized spacial score (nSPS) is 26.8. The van der Waals surface area contributed by atoms with E-state index in [9.17, 15) is 19.8 Å². The highest BCUT2D eigenvalue weighted by Crippen LogP contribution is 2.50. The summed E-state index contributed by atoms with van der Waals surface area (Å²) in [6, 6.07) is 5.24. The van der Waals surface area contributed by atoms with E-state index in [1.54, 1.807) is 6.20 Å². The fourth-order valence-electron chi connectivity index (χ4n) is 3.35. The number of aliphatic hydroxyl groups is 1. The molecule has 6 nitrogen and oxygen atoms in total. The molecule has 3 heterocycles. The molecule has 1 fully saturated rings. The number of aliphatic hydroxyl groups excluding tert-OH is 1. The minimum atomic E-state index is -1.12. The van der Waals surface area contributed by atoms with Crippen LogP contribution >= 0.6 is 11.8 Å². The molecule has 1 unspecified atom stereocenters. The van der Waals surface area contributed by atoms with Gasteiger partial charge in [-0.25, -0.2) is 4.79 Å². The monoisotopic (exact) mass is 346 g/mol. The van der Waals surface area contributed by atoms with Crippen molar-refractivity contribution in [2.24, 2.45) is 11.8 Å². The quantitative estimate of drug-likeness (QED) is 0.601. The Morgan fingerprint density at radius 1 is 1.54 bits per heavy atom. The molecule has 2 aliphatic heterocycles. The second-order valence-corrected chi connectivity index (χ2v) is 6.88. The minimum absolute atomic E-state index is 0.0333. The zero-order valence-electron chi connectivity index (χ0n) is 13.1. The molecule has 7 heteroatoms. The van der Waals surface area contributed by atoms with Crippen LogP contribution in [0, 0.1) is 11.8 Å². The van der Waals surface area contributed by atoms with Gasteiger partial charge in [0.05, 0.1) is 23.8 Å². The molecule has 1 aromatic rings. The predicted molar refractivity (Wildman–Crippen MR) is 89.7 cm³/mol. The van der Waals surface area contributed by atoms with E-state index in [1.165, 1.54) is 22.7 Å². The second kappa shape index (κ2) is 6.41. The van der Waals surface area contributed by atoms with Gasteiger partial charge in [-0.05, 0) is 12.1 Å². The Morgan fingerprint density at radius 3 is 2.88 bits per heavy atom. The van der Waals surface area contributed by atoms with Gasteiger partial charge < -0.3 is 15.1 Å². The Balaban J connectivity index is 1.86. The van der Waals surface area contributed by atoms with Crippen molar-refractivity contribution in [3.8, 4) is 0 Å². The Hall–Kier alpha value is -2.12. The number of hydrogen-bond acceptors (Lipinski definition) is 5. The van der Waals surface area contributed by atoms with Crippen molar-refractivity contribution in [2.75, 3.05) is 0 Å². The number of aromatic nitrogens is 1. The number of carbonyl (C=O) groups excluding carboxylic acids is 1. The summed E-state index contributed by atoms with van der Waals surface area (Å²) in [7, 11) is 0. The van der Waals surface area contributed by atoms with Crippen LogP contribution in [0.3, 0.4) is 0 Å². The van der Waals surface area contributed by atoms with Gasteiger partial charge in [0.25, 0.3) is 0 Å². The Kier molecular flexibility index (Phi) is 4.47. The third-order valence-electron chi connectivity index (χ3n) is 4.50. The largest absolute Gasteiger partial charge is 0.477 e. The van der Waals surface area contributed by atoms with E-state index in [2.05, 4.69) is 11.6 Å². The Morgan fingerprint density at radius 2 is 2.29 bits per heavy atom.